The molecule has 0 spiro atoms. The molecule has 0 amide bonds. The van der Waals surface area contributed by atoms with Crippen molar-refractivity contribution in [2.24, 2.45) is 5.92 Å². The van der Waals surface area contributed by atoms with Gasteiger partial charge in [-0.2, -0.15) is 0 Å². The zero-order chi connectivity index (χ0) is 12.3. The van der Waals surface area contributed by atoms with Crippen LogP contribution in [0.2, 0.25) is 0 Å². The van der Waals surface area contributed by atoms with E-state index in [4.69, 9.17) is 0 Å². The maximum atomic E-state index is 12.0. The third-order valence-corrected chi connectivity index (χ3v) is 5.43. The number of hydrogen-bond donors (Lipinski definition) is 1. The Bertz CT molecular complexity index is 305. The van der Waals surface area contributed by atoms with E-state index in [0.29, 0.717) is 12.8 Å². The first-order valence-corrected chi connectivity index (χ1v) is 7.57. The highest BCUT2D eigenvalue weighted by Crippen LogP contribution is 2.24. The van der Waals surface area contributed by atoms with Crippen molar-refractivity contribution in [1.82, 2.24) is 4.31 Å². The summed E-state index contributed by atoms with van der Waals surface area (Å²) in [7, 11) is -1.46. The van der Waals surface area contributed by atoms with Gasteiger partial charge in [0, 0.05) is 13.1 Å². The summed E-state index contributed by atoms with van der Waals surface area (Å²) in [6.45, 7) is 3.83. The Hall–Kier alpha value is -0.130. The van der Waals surface area contributed by atoms with Crippen LogP contribution in [0.3, 0.4) is 0 Å². The number of nitrogens with zero attached hydrogens (tertiary/aromatic N) is 1. The van der Waals surface area contributed by atoms with Crippen LogP contribution in [0.15, 0.2) is 0 Å². The van der Waals surface area contributed by atoms with Crippen LogP contribution in [-0.4, -0.2) is 42.8 Å². The first-order valence-electron chi connectivity index (χ1n) is 5.96. The average molecular weight is 249 g/mol. The molecule has 0 radical (unpaired) electrons. The molecule has 16 heavy (non-hydrogen) atoms. The van der Waals surface area contributed by atoms with Crippen molar-refractivity contribution in [1.29, 1.82) is 0 Å². The summed E-state index contributed by atoms with van der Waals surface area (Å²) in [6.07, 6.45) is 2.74. The molecule has 1 N–H and O–H groups in total. The molecule has 1 aliphatic carbocycles. The van der Waals surface area contributed by atoms with E-state index in [0.717, 1.165) is 12.8 Å². The van der Waals surface area contributed by atoms with Crippen molar-refractivity contribution in [2.75, 3.05) is 12.8 Å². The maximum Gasteiger partial charge on any atom is 0.214 e. The normalized spacial score (nSPS) is 27.6. The lowest BCUT2D eigenvalue weighted by Gasteiger charge is -2.32. The third kappa shape index (κ3) is 3.71. The summed E-state index contributed by atoms with van der Waals surface area (Å²) in [4.78, 5) is 0. The van der Waals surface area contributed by atoms with Crippen molar-refractivity contribution in [3.63, 3.8) is 0 Å². The molecule has 1 fully saturated rings. The van der Waals surface area contributed by atoms with Crippen LogP contribution >= 0.6 is 0 Å². The highest BCUT2D eigenvalue weighted by Gasteiger charge is 2.29. The number of aliphatic hydroxyl groups excluding tert-OH is 1. The lowest BCUT2D eigenvalue weighted by molar-refractivity contribution is 0.104. The minimum absolute atomic E-state index is 0.0761. The summed E-state index contributed by atoms with van der Waals surface area (Å²) in [6, 6.07) is 0.0761. The minimum Gasteiger partial charge on any atom is -0.393 e. The van der Waals surface area contributed by atoms with Gasteiger partial charge in [-0.25, -0.2) is 12.7 Å². The Morgan fingerprint density at radius 1 is 1.25 bits per heavy atom. The standard InChI is InChI=1S/C11H23NO3S/c1-9(2)8-16(14,15)12(3)10-4-6-11(13)7-5-10/h9-11,13H,4-8H2,1-3H3. The summed E-state index contributed by atoms with van der Waals surface area (Å²) in [5.74, 6) is 0.365. The molecule has 0 saturated heterocycles. The molecule has 0 aromatic heterocycles. The molecule has 0 aromatic carbocycles. The van der Waals surface area contributed by atoms with E-state index in [9.17, 15) is 13.5 Å². The molecule has 1 saturated carbocycles. The Kier molecular flexibility index (Phi) is 4.76. The van der Waals surface area contributed by atoms with Gasteiger partial charge < -0.3 is 5.11 Å². The van der Waals surface area contributed by atoms with E-state index < -0.39 is 10.0 Å². The quantitative estimate of drug-likeness (QED) is 0.814. The first kappa shape index (κ1) is 13.9. The van der Waals surface area contributed by atoms with Gasteiger partial charge in [0.15, 0.2) is 0 Å². The first-order chi connectivity index (χ1) is 7.33. The van der Waals surface area contributed by atoms with E-state index in [1.807, 2.05) is 13.8 Å². The molecule has 5 heteroatoms. The van der Waals surface area contributed by atoms with Gasteiger partial charge in [-0.3, -0.25) is 0 Å². The summed E-state index contributed by atoms with van der Waals surface area (Å²) >= 11 is 0. The molecule has 0 aliphatic heterocycles. The largest absolute Gasteiger partial charge is 0.393 e. The fourth-order valence-corrected chi connectivity index (χ4v) is 3.93. The van der Waals surface area contributed by atoms with E-state index in [2.05, 4.69) is 0 Å². The van der Waals surface area contributed by atoms with Gasteiger partial charge in [0.2, 0.25) is 10.0 Å². The zero-order valence-electron chi connectivity index (χ0n) is 10.4. The van der Waals surface area contributed by atoms with Crippen LogP contribution in [0.25, 0.3) is 0 Å². The fraction of sp³-hybridized carbons (Fsp3) is 1.00. The van der Waals surface area contributed by atoms with Gasteiger partial charge in [-0.05, 0) is 31.6 Å². The van der Waals surface area contributed by atoms with Crippen molar-refractivity contribution in [3.8, 4) is 0 Å². The van der Waals surface area contributed by atoms with Gasteiger partial charge >= 0.3 is 0 Å². The third-order valence-electron chi connectivity index (χ3n) is 3.16. The van der Waals surface area contributed by atoms with Crippen LogP contribution in [0.5, 0.6) is 0 Å². The molecule has 4 nitrogen and oxygen atoms in total. The Labute approximate surface area is 98.7 Å². The van der Waals surface area contributed by atoms with Crippen molar-refractivity contribution < 1.29 is 13.5 Å². The molecule has 1 aliphatic rings. The summed E-state index contributed by atoms with van der Waals surface area (Å²) in [5.41, 5.74) is 0. The predicted molar refractivity (Wildman–Crippen MR) is 64.7 cm³/mol. The average Bonchev–Trinajstić information content (AvgIpc) is 2.16. The SMILES string of the molecule is CC(C)CS(=O)(=O)N(C)C1CCC(O)CC1. The number of sulfonamides is 1. The summed E-state index contributed by atoms with van der Waals surface area (Å²) < 4.78 is 25.5. The van der Waals surface area contributed by atoms with Crippen LogP contribution < -0.4 is 0 Å². The molecule has 0 aromatic rings. The van der Waals surface area contributed by atoms with E-state index in [1.165, 1.54) is 4.31 Å². The van der Waals surface area contributed by atoms with Gasteiger partial charge in [0.25, 0.3) is 0 Å². The molecule has 0 bridgehead atoms. The fourth-order valence-electron chi connectivity index (χ4n) is 2.19. The highest BCUT2D eigenvalue weighted by atomic mass is 32.2. The Morgan fingerprint density at radius 2 is 1.75 bits per heavy atom. The lowest BCUT2D eigenvalue weighted by atomic mass is 9.93. The lowest BCUT2D eigenvalue weighted by Crippen LogP contribution is -2.42. The monoisotopic (exact) mass is 249 g/mol. The number of aliphatic hydroxyl groups is 1. The van der Waals surface area contributed by atoms with E-state index in [1.54, 1.807) is 7.05 Å². The molecule has 96 valence electrons. The molecule has 0 atom stereocenters. The molecule has 1 rings (SSSR count). The second kappa shape index (κ2) is 5.47. The van der Waals surface area contributed by atoms with Crippen LogP contribution in [0, 0.1) is 5.92 Å². The Balaban J connectivity index is 2.60. The van der Waals surface area contributed by atoms with Gasteiger partial charge in [0.05, 0.1) is 11.9 Å². The van der Waals surface area contributed by atoms with E-state index >= 15 is 0 Å². The van der Waals surface area contributed by atoms with Crippen LogP contribution in [0.4, 0.5) is 0 Å². The predicted octanol–water partition coefficient (Wildman–Crippen LogP) is 1.21. The van der Waals surface area contributed by atoms with Gasteiger partial charge in [-0.1, -0.05) is 13.8 Å². The van der Waals surface area contributed by atoms with Gasteiger partial charge in [-0.15, -0.1) is 0 Å². The molecular formula is C11H23NO3S. The second-order valence-electron chi connectivity index (χ2n) is 5.15. The van der Waals surface area contributed by atoms with E-state index in [-0.39, 0.29) is 23.8 Å². The zero-order valence-corrected chi connectivity index (χ0v) is 11.2. The minimum atomic E-state index is -3.12. The topological polar surface area (TPSA) is 57.6 Å². The number of rotatable bonds is 4. The number of hydrogen-bond acceptors (Lipinski definition) is 3. The molecule has 0 heterocycles. The van der Waals surface area contributed by atoms with Crippen molar-refractivity contribution in [3.05, 3.63) is 0 Å². The van der Waals surface area contributed by atoms with Gasteiger partial charge in [0.1, 0.15) is 0 Å². The smallest absolute Gasteiger partial charge is 0.214 e. The molecular weight excluding hydrogens is 226 g/mol. The maximum absolute atomic E-state index is 12.0. The van der Waals surface area contributed by atoms with Crippen LogP contribution in [-0.2, 0) is 10.0 Å². The van der Waals surface area contributed by atoms with Crippen molar-refractivity contribution >= 4 is 10.0 Å². The van der Waals surface area contributed by atoms with Crippen LogP contribution in [0.1, 0.15) is 39.5 Å². The summed E-state index contributed by atoms with van der Waals surface area (Å²) in [5, 5.41) is 9.39. The second-order valence-corrected chi connectivity index (χ2v) is 7.22. The molecule has 0 unspecified atom stereocenters. The Morgan fingerprint density at radius 3 is 2.19 bits per heavy atom. The highest BCUT2D eigenvalue weighted by molar-refractivity contribution is 7.89. The van der Waals surface area contributed by atoms with Crippen molar-refractivity contribution in [2.45, 2.75) is 51.7 Å².